The minimum Gasteiger partial charge on any atom is -0.396 e. The van der Waals surface area contributed by atoms with Crippen molar-refractivity contribution in [2.45, 2.75) is 55.8 Å². The van der Waals surface area contributed by atoms with Crippen molar-refractivity contribution in [1.82, 2.24) is 9.80 Å². The van der Waals surface area contributed by atoms with E-state index in [1.807, 2.05) is 11.8 Å². The summed E-state index contributed by atoms with van der Waals surface area (Å²) in [4.78, 5) is 6.36. The van der Waals surface area contributed by atoms with Gasteiger partial charge in [0.05, 0.1) is 0 Å². The Bertz CT molecular complexity index is 441. The molecule has 130 valence electrons. The maximum Gasteiger partial charge on any atom is 0.0443 e. The van der Waals surface area contributed by atoms with E-state index in [0.29, 0.717) is 17.9 Å². The minimum absolute atomic E-state index is 0.300. The first-order valence-electron chi connectivity index (χ1n) is 8.87. The van der Waals surface area contributed by atoms with E-state index >= 15 is 0 Å². The molecule has 0 radical (unpaired) electrons. The topological polar surface area (TPSA) is 26.7 Å². The molecule has 0 atom stereocenters. The van der Waals surface area contributed by atoms with Crippen LogP contribution < -0.4 is 0 Å². The summed E-state index contributed by atoms with van der Waals surface area (Å²) < 4.78 is 0. The molecule has 0 amide bonds. The molecule has 0 aromatic heterocycles. The van der Waals surface area contributed by atoms with Crippen LogP contribution in [0.15, 0.2) is 29.2 Å². The summed E-state index contributed by atoms with van der Waals surface area (Å²) in [6.07, 6.45) is 3.36. The third-order valence-corrected chi connectivity index (χ3v) is 5.57. The van der Waals surface area contributed by atoms with Gasteiger partial charge < -0.3 is 10.0 Å². The number of nitrogens with zero attached hydrogens (tertiary/aromatic N) is 2. The van der Waals surface area contributed by atoms with Crippen LogP contribution in [0.4, 0.5) is 0 Å². The Balaban J connectivity index is 1.75. The van der Waals surface area contributed by atoms with Gasteiger partial charge in [0.2, 0.25) is 0 Å². The van der Waals surface area contributed by atoms with Crippen molar-refractivity contribution < 1.29 is 5.11 Å². The highest BCUT2D eigenvalue weighted by molar-refractivity contribution is 7.99. The fraction of sp³-hybridized carbons (Fsp3) is 0.684. The quantitative estimate of drug-likeness (QED) is 0.736. The van der Waals surface area contributed by atoms with Crippen LogP contribution >= 0.6 is 11.8 Å². The van der Waals surface area contributed by atoms with Gasteiger partial charge in [-0.1, -0.05) is 26.0 Å². The number of piperidine rings is 1. The molecular formula is C19H32N2OS. The normalized spacial score (nSPS) is 17.3. The van der Waals surface area contributed by atoms with E-state index in [0.717, 1.165) is 19.5 Å². The van der Waals surface area contributed by atoms with E-state index in [1.165, 1.54) is 36.4 Å². The summed E-state index contributed by atoms with van der Waals surface area (Å²) in [5, 5.41) is 9.59. The van der Waals surface area contributed by atoms with Crippen LogP contribution in [-0.2, 0) is 6.54 Å². The van der Waals surface area contributed by atoms with Crippen LogP contribution in [0.5, 0.6) is 0 Å². The van der Waals surface area contributed by atoms with Crippen molar-refractivity contribution in [1.29, 1.82) is 0 Å². The van der Waals surface area contributed by atoms with E-state index in [4.69, 9.17) is 5.11 Å². The Morgan fingerprint density at radius 2 is 1.87 bits per heavy atom. The number of rotatable bonds is 8. The van der Waals surface area contributed by atoms with Gasteiger partial charge >= 0.3 is 0 Å². The first kappa shape index (κ1) is 18.8. The zero-order valence-electron chi connectivity index (χ0n) is 14.9. The summed E-state index contributed by atoms with van der Waals surface area (Å²) in [5.41, 5.74) is 1.42. The second kappa shape index (κ2) is 9.67. The smallest absolute Gasteiger partial charge is 0.0443 e. The van der Waals surface area contributed by atoms with E-state index in [2.05, 4.69) is 55.0 Å². The van der Waals surface area contributed by atoms with Crippen LogP contribution in [0.2, 0.25) is 0 Å². The predicted octanol–water partition coefficient (Wildman–Crippen LogP) is 3.47. The van der Waals surface area contributed by atoms with Gasteiger partial charge in [-0.2, -0.15) is 0 Å². The van der Waals surface area contributed by atoms with Crippen LogP contribution in [-0.4, -0.2) is 59.5 Å². The largest absolute Gasteiger partial charge is 0.396 e. The van der Waals surface area contributed by atoms with Gasteiger partial charge in [0, 0.05) is 35.9 Å². The SMILES string of the molecule is CC(C)Sc1ccc(CN2CCC(N(C)CCCO)CC2)cc1. The summed E-state index contributed by atoms with van der Waals surface area (Å²) in [6.45, 7) is 9.21. The molecule has 1 aromatic carbocycles. The van der Waals surface area contributed by atoms with Gasteiger partial charge in [-0.15, -0.1) is 11.8 Å². The number of aliphatic hydroxyl groups excluding tert-OH is 1. The van der Waals surface area contributed by atoms with Crippen molar-refractivity contribution >= 4 is 11.8 Å². The molecule has 0 unspecified atom stereocenters. The molecule has 0 spiro atoms. The highest BCUT2D eigenvalue weighted by Gasteiger charge is 2.22. The van der Waals surface area contributed by atoms with Crippen molar-refractivity contribution in [2.75, 3.05) is 33.3 Å². The molecule has 1 aliphatic rings. The first-order valence-corrected chi connectivity index (χ1v) is 9.75. The molecule has 0 bridgehead atoms. The van der Waals surface area contributed by atoms with Crippen LogP contribution in [0.1, 0.15) is 38.7 Å². The third kappa shape index (κ3) is 6.46. The maximum absolute atomic E-state index is 8.95. The predicted molar refractivity (Wildman–Crippen MR) is 100 cm³/mol. The minimum atomic E-state index is 0.300. The molecule has 2 rings (SSSR count). The molecule has 1 heterocycles. The Hall–Kier alpha value is -0.550. The van der Waals surface area contributed by atoms with Crippen molar-refractivity contribution in [3.63, 3.8) is 0 Å². The average molecular weight is 337 g/mol. The summed E-state index contributed by atoms with van der Waals surface area (Å²) >= 11 is 1.93. The highest BCUT2D eigenvalue weighted by Crippen LogP contribution is 2.24. The summed E-state index contributed by atoms with van der Waals surface area (Å²) in [6, 6.07) is 9.77. The molecule has 4 heteroatoms. The molecular weight excluding hydrogens is 304 g/mol. The molecule has 0 saturated carbocycles. The lowest BCUT2D eigenvalue weighted by molar-refractivity contribution is 0.117. The third-order valence-electron chi connectivity index (χ3n) is 4.55. The van der Waals surface area contributed by atoms with Crippen LogP contribution in [0.3, 0.4) is 0 Å². The molecule has 0 aliphatic carbocycles. The number of benzene rings is 1. The van der Waals surface area contributed by atoms with Gasteiger partial charge in [0.25, 0.3) is 0 Å². The highest BCUT2D eigenvalue weighted by atomic mass is 32.2. The molecule has 3 nitrogen and oxygen atoms in total. The monoisotopic (exact) mass is 336 g/mol. The fourth-order valence-corrected chi connectivity index (χ4v) is 4.06. The first-order chi connectivity index (χ1) is 11.1. The van der Waals surface area contributed by atoms with Gasteiger partial charge in [-0.25, -0.2) is 0 Å². The lowest BCUT2D eigenvalue weighted by Crippen LogP contribution is -2.43. The number of aliphatic hydroxyl groups is 1. The van der Waals surface area contributed by atoms with Gasteiger partial charge in [-0.3, -0.25) is 4.90 Å². The molecule has 1 saturated heterocycles. The van der Waals surface area contributed by atoms with Crippen LogP contribution in [0, 0.1) is 0 Å². The summed E-state index contributed by atoms with van der Waals surface area (Å²) in [7, 11) is 2.20. The molecule has 23 heavy (non-hydrogen) atoms. The molecule has 1 fully saturated rings. The summed E-state index contributed by atoms with van der Waals surface area (Å²) in [5.74, 6) is 0. The Morgan fingerprint density at radius 3 is 2.43 bits per heavy atom. The molecule has 1 N–H and O–H groups in total. The number of thioether (sulfide) groups is 1. The van der Waals surface area contributed by atoms with Crippen molar-refractivity contribution in [3.8, 4) is 0 Å². The fourth-order valence-electron chi connectivity index (χ4n) is 3.22. The Kier molecular flexibility index (Phi) is 7.90. The lowest BCUT2D eigenvalue weighted by Gasteiger charge is -2.36. The van der Waals surface area contributed by atoms with Crippen molar-refractivity contribution in [2.24, 2.45) is 0 Å². The second-order valence-electron chi connectivity index (χ2n) is 6.88. The van der Waals surface area contributed by atoms with Crippen LogP contribution in [0.25, 0.3) is 0 Å². The van der Waals surface area contributed by atoms with E-state index < -0.39 is 0 Å². The standard InChI is InChI=1S/C19H32N2OS/c1-16(2)23-19-7-5-17(6-8-19)15-21-12-9-18(10-13-21)20(3)11-4-14-22/h5-8,16,18,22H,4,9-15H2,1-3H3. The van der Waals surface area contributed by atoms with Gasteiger partial charge in [0.15, 0.2) is 0 Å². The number of hydrogen-bond acceptors (Lipinski definition) is 4. The Morgan fingerprint density at radius 1 is 1.22 bits per heavy atom. The van der Waals surface area contributed by atoms with Gasteiger partial charge in [-0.05, 0) is 57.1 Å². The van der Waals surface area contributed by atoms with E-state index in [1.54, 1.807) is 0 Å². The molecule has 1 aromatic rings. The van der Waals surface area contributed by atoms with Gasteiger partial charge in [0.1, 0.15) is 0 Å². The van der Waals surface area contributed by atoms with E-state index in [-0.39, 0.29) is 0 Å². The molecule has 1 aliphatic heterocycles. The van der Waals surface area contributed by atoms with E-state index in [9.17, 15) is 0 Å². The zero-order valence-corrected chi connectivity index (χ0v) is 15.7. The van der Waals surface area contributed by atoms with Crippen molar-refractivity contribution in [3.05, 3.63) is 29.8 Å². The lowest BCUT2D eigenvalue weighted by atomic mass is 10.0. The second-order valence-corrected chi connectivity index (χ2v) is 8.53. The zero-order chi connectivity index (χ0) is 16.7. The maximum atomic E-state index is 8.95. The Labute approximate surface area is 146 Å². The number of hydrogen-bond donors (Lipinski definition) is 1. The average Bonchev–Trinajstić information content (AvgIpc) is 2.54. The number of likely N-dealkylation sites (tertiary alicyclic amines) is 1.